The average molecular weight is 422 g/mol. The van der Waals surface area contributed by atoms with Crippen molar-refractivity contribution in [2.24, 2.45) is 0 Å². The summed E-state index contributed by atoms with van der Waals surface area (Å²) in [6.07, 6.45) is 1.78. The van der Waals surface area contributed by atoms with Gasteiger partial charge in [0.05, 0.1) is 22.9 Å². The van der Waals surface area contributed by atoms with Gasteiger partial charge in [-0.25, -0.2) is 13.1 Å². The zero-order valence-corrected chi connectivity index (χ0v) is 17.1. The topological polar surface area (TPSA) is 96.5 Å². The number of carbonyl (C=O) groups is 1. The third-order valence-electron chi connectivity index (χ3n) is 3.91. The second-order valence-electron chi connectivity index (χ2n) is 6.29. The molecule has 3 rings (SSSR count). The molecule has 0 saturated heterocycles. The third kappa shape index (κ3) is 6.15. The van der Waals surface area contributed by atoms with Gasteiger partial charge in [0.1, 0.15) is 5.75 Å². The number of benzene rings is 2. The molecule has 0 atom stereocenters. The Morgan fingerprint density at radius 2 is 1.79 bits per heavy atom. The van der Waals surface area contributed by atoms with Crippen molar-refractivity contribution in [1.82, 2.24) is 10.1 Å². The minimum absolute atomic E-state index is 0.0648. The first-order chi connectivity index (χ1) is 13.5. The van der Waals surface area contributed by atoms with E-state index in [0.717, 1.165) is 23.5 Å². The van der Waals surface area contributed by atoms with Gasteiger partial charge in [-0.05, 0) is 68.3 Å². The second kappa shape index (κ2) is 9.31. The lowest BCUT2D eigenvalue weighted by Crippen LogP contribution is -2.30. The summed E-state index contributed by atoms with van der Waals surface area (Å²) in [5.41, 5.74) is 5.99. The molecule has 0 bridgehead atoms. The molecule has 7 nitrogen and oxygen atoms in total. The SMILES string of the molecule is CCOc1ccc(SCC(=O)NNc2ccc(S(=O)(=O)NC3CC3)cc2)cc1. The molecule has 150 valence electrons. The van der Waals surface area contributed by atoms with Gasteiger partial charge in [0.25, 0.3) is 0 Å². The lowest BCUT2D eigenvalue weighted by Gasteiger charge is -2.10. The lowest BCUT2D eigenvalue weighted by molar-refractivity contribution is -0.118. The summed E-state index contributed by atoms with van der Waals surface area (Å²) < 4.78 is 32.3. The van der Waals surface area contributed by atoms with Crippen molar-refractivity contribution in [2.45, 2.75) is 35.6 Å². The molecule has 9 heteroatoms. The molecule has 2 aromatic rings. The van der Waals surface area contributed by atoms with Crippen LogP contribution in [0.4, 0.5) is 5.69 Å². The molecule has 0 aliphatic heterocycles. The Hall–Kier alpha value is -2.23. The zero-order valence-electron chi connectivity index (χ0n) is 15.5. The summed E-state index contributed by atoms with van der Waals surface area (Å²) >= 11 is 1.41. The lowest BCUT2D eigenvalue weighted by atomic mass is 10.3. The predicted octanol–water partition coefficient (Wildman–Crippen LogP) is 2.76. The maximum atomic E-state index is 12.1. The molecule has 1 aliphatic rings. The number of hydrazine groups is 1. The largest absolute Gasteiger partial charge is 0.494 e. The molecular weight excluding hydrogens is 398 g/mol. The molecule has 1 amide bonds. The van der Waals surface area contributed by atoms with Gasteiger partial charge in [0, 0.05) is 10.9 Å². The van der Waals surface area contributed by atoms with Crippen LogP contribution in [0.3, 0.4) is 0 Å². The summed E-state index contributed by atoms with van der Waals surface area (Å²) in [5.74, 6) is 0.861. The summed E-state index contributed by atoms with van der Waals surface area (Å²) in [4.78, 5) is 13.2. The van der Waals surface area contributed by atoms with Gasteiger partial charge in [0.2, 0.25) is 15.9 Å². The Kier molecular flexibility index (Phi) is 6.82. The molecule has 28 heavy (non-hydrogen) atoms. The Bertz CT molecular complexity index is 896. The van der Waals surface area contributed by atoms with Crippen molar-refractivity contribution in [3.05, 3.63) is 48.5 Å². The molecule has 0 radical (unpaired) electrons. The number of ether oxygens (including phenoxy) is 1. The minimum Gasteiger partial charge on any atom is -0.494 e. The van der Waals surface area contributed by atoms with Gasteiger partial charge in [-0.3, -0.25) is 15.6 Å². The number of sulfonamides is 1. The van der Waals surface area contributed by atoms with Gasteiger partial charge in [-0.15, -0.1) is 11.8 Å². The van der Waals surface area contributed by atoms with Crippen LogP contribution in [0, 0.1) is 0 Å². The average Bonchev–Trinajstić information content (AvgIpc) is 3.50. The van der Waals surface area contributed by atoms with Gasteiger partial charge in [0.15, 0.2) is 0 Å². The second-order valence-corrected chi connectivity index (χ2v) is 9.05. The fourth-order valence-corrected chi connectivity index (χ4v) is 4.34. The van der Waals surface area contributed by atoms with E-state index in [1.807, 2.05) is 31.2 Å². The summed E-state index contributed by atoms with van der Waals surface area (Å²) in [5, 5.41) is 0. The van der Waals surface area contributed by atoms with E-state index in [1.54, 1.807) is 12.1 Å². The summed E-state index contributed by atoms with van der Waals surface area (Å²) in [6, 6.07) is 13.9. The first kappa shape index (κ1) is 20.5. The normalized spacial score (nSPS) is 13.8. The highest BCUT2D eigenvalue weighted by atomic mass is 32.2. The van der Waals surface area contributed by atoms with Crippen LogP contribution in [0.25, 0.3) is 0 Å². The van der Waals surface area contributed by atoms with Crippen LogP contribution >= 0.6 is 11.8 Å². The summed E-state index contributed by atoms with van der Waals surface area (Å²) in [6.45, 7) is 2.54. The minimum atomic E-state index is -3.47. The van der Waals surface area contributed by atoms with Crippen molar-refractivity contribution in [3.8, 4) is 5.75 Å². The highest BCUT2D eigenvalue weighted by molar-refractivity contribution is 8.00. The van der Waals surface area contributed by atoms with Gasteiger partial charge in [-0.1, -0.05) is 0 Å². The highest BCUT2D eigenvalue weighted by Crippen LogP contribution is 2.23. The van der Waals surface area contributed by atoms with Crippen LogP contribution in [0.15, 0.2) is 58.3 Å². The molecule has 1 aliphatic carbocycles. The number of rotatable bonds is 10. The Morgan fingerprint density at radius 1 is 1.11 bits per heavy atom. The molecule has 1 fully saturated rings. The number of nitrogens with one attached hydrogen (secondary N) is 3. The van der Waals surface area contributed by atoms with E-state index in [0.29, 0.717) is 12.3 Å². The standard InChI is InChI=1S/C19H23N3O4S2/c1-2-26-16-7-9-17(10-8-16)27-13-19(23)21-20-14-5-11-18(12-6-14)28(24,25)22-15-3-4-15/h5-12,15,20,22H,2-4,13H2,1H3,(H,21,23). The van der Waals surface area contributed by atoms with E-state index in [1.165, 1.54) is 23.9 Å². The van der Waals surface area contributed by atoms with Crippen LogP contribution in [-0.4, -0.2) is 32.7 Å². The number of hydrogen-bond acceptors (Lipinski definition) is 6. The third-order valence-corrected chi connectivity index (χ3v) is 6.46. The van der Waals surface area contributed by atoms with Gasteiger partial charge in [-0.2, -0.15) is 0 Å². The molecule has 0 spiro atoms. The van der Waals surface area contributed by atoms with E-state index >= 15 is 0 Å². The van der Waals surface area contributed by atoms with Crippen LogP contribution < -0.4 is 20.3 Å². The first-order valence-electron chi connectivity index (χ1n) is 8.99. The van der Waals surface area contributed by atoms with Crippen LogP contribution in [0.1, 0.15) is 19.8 Å². The monoisotopic (exact) mass is 421 g/mol. The predicted molar refractivity (Wildman–Crippen MR) is 110 cm³/mol. The Morgan fingerprint density at radius 3 is 2.39 bits per heavy atom. The Balaban J connectivity index is 1.43. The molecule has 0 aromatic heterocycles. The molecule has 3 N–H and O–H groups in total. The molecule has 2 aromatic carbocycles. The van der Waals surface area contributed by atoms with Crippen molar-refractivity contribution >= 4 is 33.4 Å². The van der Waals surface area contributed by atoms with E-state index in [2.05, 4.69) is 15.6 Å². The molecule has 0 unspecified atom stereocenters. The van der Waals surface area contributed by atoms with Gasteiger partial charge >= 0.3 is 0 Å². The summed E-state index contributed by atoms with van der Waals surface area (Å²) in [7, 11) is -3.47. The maximum absolute atomic E-state index is 12.1. The van der Waals surface area contributed by atoms with Crippen molar-refractivity contribution in [3.63, 3.8) is 0 Å². The number of anilines is 1. The quantitative estimate of drug-likeness (QED) is 0.403. The first-order valence-corrected chi connectivity index (χ1v) is 11.5. The van der Waals surface area contributed by atoms with Crippen LogP contribution in [-0.2, 0) is 14.8 Å². The molecular formula is C19H23N3O4S2. The fraction of sp³-hybridized carbons (Fsp3) is 0.316. The fourth-order valence-electron chi connectivity index (χ4n) is 2.33. The van der Waals surface area contributed by atoms with Gasteiger partial charge < -0.3 is 4.74 Å². The number of carbonyl (C=O) groups excluding carboxylic acids is 1. The number of hydrogen-bond donors (Lipinski definition) is 3. The Labute approximate surface area is 169 Å². The maximum Gasteiger partial charge on any atom is 0.248 e. The zero-order chi connectivity index (χ0) is 20.0. The van der Waals surface area contributed by atoms with E-state index in [-0.39, 0.29) is 22.6 Å². The number of thioether (sulfide) groups is 1. The molecule has 1 saturated carbocycles. The van der Waals surface area contributed by atoms with Crippen LogP contribution in [0.5, 0.6) is 5.75 Å². The van der Waals surface area contributed by atoms with Crippen molar-refractivity contribution in [2.75, 3.05) is 17.8 Å². The van der Waals surface area contributed by atoms with Crippen molar-refractivity contribution < 1.29 is 17.9 Å². The molecule has 0 heterocycles. The van der Waals surface area contributed by atoms with E-state index in [4.69, 9.17) is 4.74 Å². The van der Waals surface area contributed by atoms with E-state index < -0.39 is 10.0 Å². The highest BCUT2D eigenvalue weighted by Gasteiger charge is 2.27. The van der Waals surface area contributed by atoms with Crippen LogP contribution in [0.2, 0.25) is 0 Å². The van der Waals surface area contributed by atoms with E-state index in [9.17, 15) is 13.2 Å². The number of amides is 1. The van der Waals surface area contributed by atoms with Crippen molar-refractivity contribution in [1.29, 1.82) is 0 Å². The smallest absolute Gasteiger partial charge is 0.248 e.